The van der Waals surface area contributed by atoms with Crippen LogP contribution in [0.2, 0.25) is 0 Å². The lowest BCUT2D eigenvalue weighted by Gasteiger charge is -2.21. The number of benzene rings is 1. The van der Waals surface area contributed by atoms with Gasteiger partial charge in [0.2, 0.25) is 10.0 Å². The number of rotatable bonds is 3. The molecule has 6 heteroatoms. The Labute approximate surface area is 141 Å². The normalized spacial score (nSPS) is 20.0. The molecule has 0 fully saturated rings. The van der Waals surface area contributed by atoms with E-state index < -0.39 is 15.3 Å². The highest BCUT2D eigenvalue weighted by Gasteiger charge is 2.28. The van der Waals surface area contributed by atoms with Crippen LogP contribution in [-0.4, -0.2) is 25.3 Å². The minimum absolute atomic E-state index is 0.320. The summed E-state index contributed by atoms with van der Waals surface area (Å²) in [6.07, 6.45) is 6.18. The summed E-state index contributed by atoms with van der Waals surface area (Å²) in [5.74, 6) is -0.320. The molecule has 0 spiro atoms. The van der Waals surface area contributed by atoms with Crippen molar-refractivity contribution in [2.75, 3.05) is 4.72 Å². The van der Waals surface area contributed by atoms with Crippen LogP contribution in [0.5, 0.6) is 0 Å². The lowest BCUT2D eigenvalue weighted by atomic mass is 9.94. The second kappa shape index (κ2) is 5.87. The maximum absolute atomic E-state index is 12.7. The first-order valence-corrected chi connectivity index (χ1v) is 9.11. The van der Waals surface area contributed by atoms with E-state index in [0.29, 0.717) is 17.0 Å². The van der Waals surface area contributed by atoms with E-state index in [1.165, 1.54) is 6.08 Å². The molecule has 1 unspecified atom stereocenters. The molecule has 3 rings (SSSR count). The van der Waals surface area contributed by atoms with E-state index in [-0.39, 0.29) is 5.91 Å². The monoisotopic (exact) mass is 342 g/mol. The van der Waals surface area contributed by atoms with Crippen molar-refractivity contribution in [1.82, 2.24) is 0 Å². The fourth-order valence-corrected chi connectivity index (χ4v) is 3.95. The first-order chi connectivity index (χ1) is 11.3. The van der Waals surface area contributed by atoms with Gasteiger partial charge < -0.3 is 0 Å². The molecule has 1 aromatic carbocycles. The molecular formula is C18H18N2O3S. The van der Waals surface area contributed by atoms with Gasteiger partial charge in [-0.1, -0.05) is 24.3 Å². The summed E-state index contributed by atoms with van der Waals surface area (Å²) in [5.41, 5.74) is 4.34. The van der Waals surface area contributed by atoms with Crippen molar-refractivity contribution in [2.45, 2.75) is 26.0 Å². The summed E-state index contributed by atoms with van der Waals surface area (Å²) >= 11 is 0. The van der Waals surface area contributed by atoms with Crippen molar-refractivity contribution < 1.29 is 13.2 Å². The Balaban J connectivity index is 1.93. The van der Waals surface area contributed by atoms with Gasteiger partial charge in [0.25, 0.3) is 5.91 Å². The van der Waals surface area contributed by atoms with Crippen LogP contribution in [-0.2, 0) is 14.8 Å². The minimum Gasteiger partial charge on any atom is -0.283 e. The van der Waals surface area contributed by atoms with Gasteiger partial charge in [-0.25, -0.2) is 13.4 Å². The summed E-state index contributed by atoms with van der Waals surface area (Å²) in [7, 11) is -3.64. The minimum atomic E-state index is -3.64. The topological polar surface area (TPSA) is 75.6 Å². The van der Waals surface area contributed by atoms with Crippen molar-refractivity contribution in [3.05, 3.63) is 64.8 Å². The van der Waals surface area contributed by atoms with Gasteiger partial charge in [-0.15, -0.1) is 0 Å². The van der Waals surface area contributed by atoms with Crippen LogP contribution < -0.4 is 4.72 Å². The van der Waals surface area contributed by atoms with E-state index in [1.807, 2.05) is 32.0 Å². The largest absolute Gasteiger partial charge is 0.283 e. The zero-order valence-electron chi connectivity index (χ0n) is 13.7. The third-order valence-corrected chi connectivity index (χ3v) is 5.56. The predicted molar refractivity (Wildman–Crippen MR) is 95.7 cm³/mol. The third-order valence-electron chi connectivity index (χ3n) is 4.05. The number of carbonyl (C=O) groups excluding carboxylic acids is 1. The molecule has 0 bridgehead atoms. The van der Waals surface area contributed by atoms with Gasteiger partial charge in [0, 0.05) is 11.6 Å². The molecule has 0 saturated heterocycles. The quantitative estimate of drug-likeness (QED) is 0.918. The second-order valence-electron chi connectivity index (χ2n) is 6.03. The van der Waals surface area contributed by atoms with Gasteiger partial charge in [-0.2, -0.15) is 0 Å². The molecule has 2 aliphatic rings. The van der Waals surface area contributed by atoms with E-state index in [4.69, 9.17) is 0 Å². The number of fused-ring (bicyclic) bond motifs is 1. The van der Waals surface area contributed by atoms with Gasteiger partial charge in [-0.05, 0) is 49.6 Å². The van der Waals surface area contributed by atoms with Crippen molar-refractivity contribution in [3.63, 3.8) is 0 Å². The summed E-state index contributed by atoms with van der Waals surface area (Å²) in [6, 6.07) is 5.63. The van der Waals surface area contributed by atoms with E-state index in [9.17, 15) is 13.2 Å². The number of hydrogen-bond acceptors (Lipinski definition) is 3. The van der Waals surface area contributed by atoms with Crippen molar-refractivity contribution >= 4 is 27.3 Å². The number of sulfonamides is 1. The fourth-order valence-electron chi connectivity index (χ4n) is 2.69. The van der Waals surface area contributed by atoms with Gasteiger partial charge in [0.15, 0.2) is 0 Å². The number of amides is 1. The summed E-state index contributed by atoms with van der Waals surface area (Å²) in [6.45, 7) is 5.55. The lowest BCUT2D eigenvalue weighted by molar-refractivity contribution is -0.113. The summed E-state index contributed by atoms with van der Waals surface area (Å²) in [4.78, 5) is 15.4. The van der Waals surface area contributed by atoms with E-state index in [2.05, 4.69) is 9.71 Å². The van der Waals surface area contributed by atoms with Crippen LogP contribution in [0.1, 0.15) is 18.1 Å². The van der Waals surface area contributed by atoms with Crippen LogP contribution in [0.3, 0.4) is 0 Å². The second-order valence-corrected chi connectivity index (χ2v) is 7.87. The average molecular weight is 342 g/mol. The lowest BCUT2D eigenvalue weighted by Crippen LogP contribution is -2.29. The molecule has 124 valence electrons. The van der Waals surface area contributed by atoms with Crippen LogP contribution in [0, 0.1) is 13.8 Å². The molecule has 0 radical (unpaired) electrons. The summed E-state index contributed by atoms with van der Waals surface area (Å²) < 4.78 is 28.1. The Morgan fingerprint density at radius 1 is 1.17 bits per heavy atom. The third kappa shape index (κ3) is 3.10. The highest BCUT2D eigenvalue weighted by molar-refractivity contribution is 7.93. The van der Waals surface area contributed by atoms with Crippen molar-refractivity contribution in [2.24, 2.45) is 4.99 Å². The van der Waals surface area contributed by atoms with E-state index >= 15 is 0 Å². The number of anilines is 1. The first-order valence-electron chi connectivity index (χ1n) is 7.57. The number of carbonyl (C=O) groups is 1. The van der Waals surface area contributed by atoms with Crippen molar-refractivity contribution in [3.8, 4) is 0 Å². The van der Waals surface area contributed by atoms with Crippen LogP contribution >= 0.6 is 0 Å². The molecule has 1 amide bonds. The van der Waals surface area contributed by atoms with E-state index in [0.717, 1.165) is 16.7 Å². The molecule has 1 atom stereocenters. The Hall–Kier alpha value is -2.47. The van der Waals surface area contributed by atoms with Crippen molar-refractivity contribution in [1.29, 1.82) is 0 Å². The number of hydrogen-bond donors (Lipinski definition) is 1. The molecule has 1 aliphatic carbocycles. The summed E-state index contributed by atoms with van der Waals surface area (Å²) in [5, 5.41) is -0.817. The maximum atomic E-state index is 12.7. The molecule has 1 N–H and O–H groups in total. The number of aliphatic imine (C=N–C) groups is 1. The number of nitrogens with zero attached hydrogens (tertiary/aromatic N) is 1. The number of dihydropyridines is 1. The Bertz CT molecular complexity index is 950. The SMILES string of the molecule is CC1=CC(=O)N=C2C=CC(S(=O)(=O)Nc3cc(C)ccc3C)C=C12. The smallest absolute Gasteiger partial charge is 0.270 e. The molecule has 24 heavy (non-hydrogen) atoms. The van der Waals surface area contributed by atoms with Gasteiger partial charge in [0.1, 0.15) is 5.25 Å². The van der Waals surface area contributed by atoms with Gasteiger partial charge in [-0.3, -0.25) is 9.52 Å². The molecule has 1 aliphatic heterocycles. The highest BCUT2D eigenvalue weighted by Crippen LogP contribution is 2.26. The van der Waals surface area contributed by atoms with Crippen LogP contribution in [0.15, 0.2) is 58.6 Å². The number of allylic oxidation sites excluding steroid dienone is 3. The predicted octanol–water partition coefficient (Wildman–Crippen LogP) is 2.84. The van der Waals surface area contributed by atoms with Gasteiger partial charge >= 0.3 is 0 Å². The Morgan fingerprint density at radius 2 is 1.92 bits per heavy atom. The zero-order chi connectivity index (χ0) is 17.5. The molecule has 1 aromatic rings. The van der Waals surface area contributed by atoms with Crippen LogP contribution in [0.25, 0.3) is 0 Å². The molecule has 1 heterocycles. The zero-order valence-corrected chi connectivity index (χ0v) is 14.5. The fraction of sp³-hybridized carbons (Fsp3) is 0.222. The molecule has 0 saturated carbocycles. The van der Waals surface area contributed by atoms with Gasteiger partial charge in [0.05, 0.1) is 11.4 Å². The molecular weight excluding hydrogens is 324 g/mol. The highest BCUT2D eigenvalue weighted by atomic mass is 32.2. The standard InChI is InChI=1S/C18H18N2O3S/c1-11-4-5-12(2)17(8-11)20-24(22,23)14-6-7-16-15(10-14)13(3)9-18(21)19-16/h4-10,14,20H,1-3H3. The average Bonchev–Trinajstić information content (AvgIpc) is 2.50. The van der Waals surface area contributed by atoms with E-state index in [1.54, 1.807) is 25.2 Å². The Kier molecular flexibility index (Phi) is 4.01. The first kappa shape index (κ1) is 16.4. The van der Waals surface area contributed by atoms with Crippen LogP contribution in [0.4, 0.5) is 5.69 Å². The Morgan fingerprint density at radius 3 is 2.67 bits per heavy atom. The maximum Gasteiger partial charge on any atom is 0.270 e. The molecule has 5 nitrogen and oxygen atoms in total. The molecule has 0 aromatic heterocycles. The number of aryl methyl sites for hydroxylation is 2. The number of nitrogens with one attached hydrogen (secondary N) is 1.